The summed E-state index contributed by atoms with van der Waals surface area (Å²) < 4.78 is 1.13. The number of carbonyl (C=O) groups is 1. The smallest absolute Gasteiger partial charge is 0.220 e. The van der Waals surface area contributed by atoms with Crippen LogP contribution in [0.5, 0.6) is 0 Å². The molecule has 7 heteroatoms. The van der Waals surface area contributed by atoms with Crippen molar-refractivity contribution < 1.29 is 4.79 Å². The molecule has 5 nitrogen and oxygen atoms in total. The van der Waals surface area contributed by atoms with Crippen molar-refractivity contribution in [3.63, 3.8) is 0 Å². The van der Waals surface area contributed by atoms with E-state index in [0.29, 0.717) is 12.5 Å². The Hall–Kier alpha value is -0.830. The van der Waals surface area contributed by atoms with E-state index in [1.165, 1.54) is 18.4 Å². The highest BCUT2D eigenvalue weighted by molar-refractivity contribution is 14.0. The van der Waals surface area contributed by atoms with Crippen LogP contribution < -0.4 is 16.0 Å². The molecule has 2 aliphatic rings. The third-order valence-electron chi connectivity index (χ3n) is 4.92. The van der Waals surface area contributed by atoms with Gasteiger partial charge in [-0.05, 0) is 49.8 Å². The first-order chi connectivity index (χ1) is 12.1. The lowest BCUT2D eigenvalue weighted by molar-refractivity contribution is -0.121. The molecule has 1 amide bonds. The van der Waals surface area contributed by atoms with Gasteiger partial charge in [-0.3, -0.25) is 9.79 Å². The Labute approximate surface area is 181 Å². The molecule has 3 N–H and O–H groups in total. The average molecular weight is 535 g/mol. The highest BCUT2D eigenvalue weighted by atomic mass is 127. The van der Waals surface area contributed by atoms with Gasteiger partial charge < -0.3 is 16.0 Å². The molecule has 0 spiro atoms. The number of aliphatic imine (C=N–C) groups is 1. The molecule has 2 fully saturated rings. The maximum absolute atomic E-state index is 11.7. The molecule has 144 valence electrons. The highest BCUT2D eigenvalue weighted by Crippen LogP contribution is 2.48. The molecule has 0 aromatic heterocycles. The quantitative estimate of drug-likeness (QED) is 0.207. The van der Waals surface area contributed by atoms with Crippen LogP contribution in [0.2, 0.25) is 0 Å². The third kappa shape index (κ3) is 6.40. The molecule has 2 saturated carbocycles. The van der Waals surface area contributed by atoms with Crippen molar-refractivity contribution >= 4 is 51.8 Å². The predicted octanol–water partition coefficient (Wildman–Crippen LogP) is 3.32. The Kier molecular flexibility index (Phi) is 8.19. The second kappa shape index (κ2) is 9.92. The zero-order valence-corrected chi connectivity index (χ0v) is 19.1. The minimum absolute atomic E-state index is 0. The Bertz CT molecular complexity index is 644. The Morgan fingerprint density at radius 3 is 2.69 bits per heavy atom. The number of hydrogen-bond acceptors (Lipinski definition) is 2. The number of nitrogens with zero attached hydrogens (tertiary/aromatic N) is 1. The van der Waals surface area contributed by atoms with Crippen LogP contribution in [0.4, 0.5) is 0 Å². The minimum Gasteiger partial charge on any atom is -0.356 e. The number of amides is 1. The Morgan fingerprint density at radius 2 is 2.08 bits per heavy atom. The molecule has 0 radical (unpaired) electrons. The zero-order chi connectivity index (χ0) is 17.7. The molecule has 0 bridgehead atoms. The van der Waals surface area contributed by atoms with Crippen LogP contribution >= 0.6 is 39.9 Å². The van der Waals surface area contributed by atoms with E-state index in [-0.39, 0.29) is 35.3 Å². The van der Waals surface area contributed by atoms with Crippen molar-refractivity contribution in [1.29, 1.82) is 0 Å². The molecule has 0 unspecified atom stereocenters. The van der Waals surface area contributed by atoms with Gasteiger partial charge in [-0.15, -0.1) is 24.0 Å². The van der Waals surface area contributed by atoms with Gasteiger partial charge in [-0.1, -0.05) is 28.1 Å². The van der Waals surface area contributed by atoms with Gasteiger partial charge in [0.15, 0.2) is 5.96 Å². The summed E-state index contributed by atoms with van der Waals surface area (Å²) in [7, 11) is 1.79. The highest BCUT2D eigenvalue weighted by Gasteiger charge is 2.44. The van der Waals surface area contributed by atoms with Crippen molar-refractivity contribution in [2.24, 2.45) is 4.99 Å². The number of halogens is 2. The van der Waals surface area contributed by atoms with Crippen LogP contribution in [0.3, 0.4) is 0 Å². The summed E-state index contributed by atoms with van der Waals surface area (Å²) in [4.78, 5) is 16.0. The average Bonchev–Trinajstić information content (AvgIpc) is 3.50. The van der Waals surface area contributed by atoms with E-state index in [9.17, 15) is 4.79 Å². The monoisotopic (exact) mass is 534 g/mol. The SMILES string of the molecule is CN=C(NCCCC(=O)NC1CC1)NCC1(c2cccc(Br)c2)CC1.I. The van der Waals surface area contributed by atoms with Gasteiger partial charge in [0.1, 0.15) is 0 Å². The predicted molar refractivity (Wildman–Crippen MR) is 120 cm³/mol. The van der Waals surface area contributed by atoms with Crippen LogP contribution in [0.15, 0.2) is 33.7 Å². The van der Waals surface area contributed by atoms with Gasteiger partial charge in [0.05, 0.1) is 0 Å². The second-order valence-corrected chi connectivity index (χ2v) is 8.00. The zero-order valence-electron chi connectivity index (χ0n) is 15.2. The molecule has 1 aromatic carbocycles. The van der Waals surface area contributed by atoms with Gasteiger partial charge in [0, 0.05) is 42.5 Å². The first kappa shape index (κ1) is 21.5. The molecular formula is C19H28BrIN4O. The topological polar surface area (TPSA) is 65.5 Å². The number of hydrogen-bond donors (Lipinski definition) is 3. The van der Waals surface area contributed by atoms with Gasteiger partial charge in [-0.25, -0.2) is 0 Å². The summed E-state index contributed by atoms with van der Waals surface area (Å²) in [5, 5.41) is 9.77. The molecule has 0 saturated heterocycles. The lowest BCUT2D eigenvalue weighted by Gasteiger charge is -2.19. The van der Waals surface area contributed by atoms with Crippen molar-refractivity contribution in [1.82, 2.24) is 16.0 Å². The van der Waals surface area contributed by atoms with E-state index in [1.54, 1.807) is 7.05 Å². The van der Waals surface area contributed by atoms with Gasteiger partial charge in [0.2, 0.25) is 5.91 Å². The Morgan fingerprint density at radius 1 is 1.31 bits per heavy atom. The number of nitrogens with one attached hydrogen (secondary N) is 3. The van der Waals surface area contributed by atoms with E-state index in [0.717, 1.165) is 42.8 Å². The molecule has 3 rings (SSSR count). The maximum Gasteiger partial charge on any atom is 0.220 e. The van der Waals surface area contributed by atoms with Crippen molar-refractivity contribution in [2.75, 3.05) is 20.1 Å². The molecule has 1 aromatic rings. The van der Waals surface area contributed by atoms with E-state index in [2.05, 4.69) is 61.1 Å². The van der Waals surface area contributed by atoms with Crippen molar-refractivity contribution in [2.45, 2.75) is 50.0 Å². The molecule has 0 atom stereocenters. The number of rotatable bonds is 8. The lowest BCUT2D eigenvalue weighted by Crippen LogP contribution is -2.41. The van der Waals surface area contributed by atoms with Crippen LogP contribution in [-0.2, 0) is 10.2 Å². The number of benzene rings is 1. The fourth-order valence-electron chi connectivity index (χ4n) is 2.99. The lowest BCUT2D eigenvalue weighted by atomic mass is 9.96. The number of carbonyl (C=O) groups excluding carboxylic acids is 1. The fraction of sp³-hybridized carbons (Fsp3) is 0.579. The second-order valence-electron chi connectivity index (χ2n) is 7.09. The van der Waals surface area contributed by atoms with Gasteiger partial charge in [-0.2, -0.15) is 0 Å². The summed E-state index contributed by atoms with van der Waals surface area (Å²) in [6.45, 7) is 1.63. The largest absolute Gasteiger partial charge is 0.356 e. The van der Waals surface area contributed by atoms with Crippen LogP contribution in [0.25, 0.3) is 0 Å². The first-order valence-corrected chi connectivity index (χ1v) is 9.90. The molecular weight excluding hydrogens is 507 g/mol. The normalized spacial score (nSPS) is 17.8. The fourth-order valence-corrected chi connectivity index (χ4v) is 3.39. The van der Waals surface area contributed by atoms with E-state index in [4.69, 9.17) is 0 Å². The third-order valence-corrected chi connectivity index (χ3v) is 5.42. The van der Waals surface area contributed by atoms with Crippen LogP contribution in [0.1, 0.15) is 44.1 Å². The molecule has 26 heavy (non-hydrogen) atoms. The van der Waals surface area contributed by atoms with E-state index < -0.39 is 0 Å². The Balaban J connectivity index is 0.00000243. The molecule has 0 aliphatic heterocycles. The molecule has 2 aliphatic carbocycles. The standard InChI is InChI=1S/C19H27BrN4O.HI/c1-21-18(22-11-3-6-17(25)24-16-7-8-16)23-13-19(9-10-19)14-4-2-5-15(20)12-14;/h2,4-5,12,16H,3,6-11,13H2,1H3,(H,24,25)(H2,21,22,23);1H. The van der Waals surface area contributed by atoms with Crippen molar-refractivity contribution in [3.05, 3.63) is 34.3 Å². The van der Waals surface area contributed by atoms with Gasteiger partial charge in [0.25, 0.3) is 0 Å². The minimum atomic E-state index is 0. The summed E-state index contributed by atoms with van der Waals surface area (Å²) >= 11 is 3.56. The summed E-state index contributed by atoms with van der Waals surface area (Å²) in [5.41, 5.74) is 1.60. The summed E-state index contributed by atoms with van der Waals surface area (Å²) in [6.07, 6.45) is 6.07. The van der Waals surface area contributed by atoms with E-state index >= 15 is 0 Å². The van der Waals surface area contributed by atoms with Crippen LogP contribution in [0, 0.1) is 0 Å². The first-order valence-electron chi connectivity index (χ1n) is 9.11. The maximum atomic E-state index is 11.7. The van der Waals surface area contributed by atoms with Gasteiger partial charge >= 0.3 is 0 Å². The van der Waals surface area contributed by atoms with E-state index in [1.807, 2.05) is 0 Å². The molecule has 0 heterocycles. The number of guanidine groups is 1. The summed E-state index contributed by atoms with van der Waals surface area (Å²) in [6, 6.07) is 9.02. The van der Waals surface area contributed by atoms with Crippen LogP contribution in [-0.4, -0.2) is 38.0 Å². The summed E-state index contributed by atoms with van der Waals surface area (Å²) in [5.74, 6) is 0.975. The van der Waals surface area contributed by atoms with Crippen molar-refractivity contribution in [3.8, 4) is 0 Å².